The zero-order valence-corrected chi connectivity index (χ0v) is 10.1. The second-order valence-corrected chi connectivity index (χ2v) is 3.87. The standard InChI is InChI=1S/C12H14O7/c1-2-9(12(16,17)18)19-11(15)8-5-3-7(4-6-8)10(13)14/h3-6,9,16-18H,2H2,1H3,(H,13,14). The van der Waals surface area contributed by atoms with Crippen molar-refractivity contribution in [1.29, 1.82) is 0 Å². The van der Waals surface area contributed by atoms with Crippen molar-refractivity contribution < 1.29 is 34.8 Å². The molecule has 0 aliphatic heterocycles. The molecule has 0 radical (unpaired) electrons. The van der Waals surface area contributed by atoms with Crippen LogP contribution in [-0.2, 0) is 4.74 Å². The van der Waals surface area contributed by atoms with E-state index in [0.29, 0.717) is 0 Å². The van der Waals surface area contributed by atoms with Gasteiger partial charge in [0, 0.05) is 0 Å². The van der Waals surface area contributed by atoms with Crippen molar-refractivity contribution >= 4 is 11.9 Å². The molecule has 1 unspecified atom stereocenters. The monoisotopic (exact) mass is 270 g/mol. The van der Waals surface area contributed by atoms with E-state index >= 15 is 0 Å². The largest absolute Gasteiger partial charge is 0.478 e. The van der Waals surface area contributed by atoms with Crippen molar-refractivity contribution in [2.75, 3.05) is 0 Å². The SMILES string of the molecule is CCC(OC(=O)c1ccc(C(=O)O)cc1)C(O)(O)O. The Bertz CT molecular complexity index is 458. The number of carbonyl (C=O) groups excluding carboxylic acids is 1. The first-order valence-corrected chi connectivity index (χ1v) is 5.47. The number of aliphatic hydroxyl groups is 3. The maximum Gasteiger partial charge on any atom is 0.338 e. The number of carboxylic acids is 1. The quantitative estimate of drug-likeness (QED) is 0.436. The van der Waals surface area contributed by atoms with Crippen LogP contribution in [0.25, 0.3) is 0 Å². The third kappa shape index (κ3) is 4.02. The van der Waals surface area contributed by atoms with Crippen LogP contribution in [0, 0.1) is 0 Å². The maximum atomic E-state index is 11.6. The smallest absolute Gasteiger partial charge is 0.338 e. The molecule has 19 heavy (non-hydrogen) atoms. The van der Waals surface area contributed by atoms with Gasteiger partial charge in [0.15, 0.2) is 6.10 Å². The molecule has 1 rings (SSSR count). The van der Waals surface area contributed by atoms with Gasteiger partial charge in [-0.15, -0.1) is 0 Å². The second kappa shape index (κ2) is 5.79. The first kappa shape index (κ1) is 15.1. The predicted octanol–water partition coefficient (Wildman–Crippen LogP) is -0.0491. The Labute approximate surface area is 108 Å². The van der Waals surface area contributed by atoms with Crippen molar-refractivity contribution in [3.05, 3.63) is 35.4 Å². The molecule has 0 amide bonds. The fourth-order valence-electron chi connectivity index (χ4n) is 1.38. The molecule has 1 atom stereocenters. The van der Waals surface area contributed by atoms with Crippen molar-refractivity contribution in [2.45, 2.75) is 25.4 Å². The summed E-state index contributed by atoms with van der Waals surface area (Å²) in [5.74, 6) is -5.15. The number of carbonyl (C=O) groups is 2. The third-order valence-electron chi connectivity index (χ3n) is 2.42. The molecule has 1 aromatic rings. The minimum atomic E-state index is -3.12. The maximum absolute atomic E-state index is 11.6. The molecule has 0 saturated carbocycles. The van der Waals surface area contributed by atoms with Crippen LogP contribution < -0.4 is 0 Å². The zero-order chi connectivity index (χ0) is 14.6. The average molecular weight is 270 g/mol. The second-order valence-electron chi connectivity index (χ2n) is 3.87. The molecule has 7 heteroatoms. The lowest BCUT2D eigenvalue weighted by Crippen LogP contribution is -2.44. The Morgan fingerprint density at radius 1 is 1.16 bits per heavy atom. The molecule has 104 valence electrons. The number of hydrogen-bond donors (Lipinski definition) is 4. The van der Waals surface area contributed by atoms with E-state index in [2.05, 4.69) is 0 Å². The van der Waals surface area contributed by atoms with Gasteiger partial charge in [0.2, 0.25) is 0 Å². The lowest BCUT2D eigenvalue weighted by atomic mass is 10.1. The van der Waals surface area contributed by atoms with Crippen LogP contribution in [0.4, 0.5) is 0 Å². The van der Waals surface area contributed by atoms with E-state index in [1.165, 1.54) is 31.2 Å². The summed E-state index contributed by atoms with van der Waals surface area (Å²) < 4.78 is 4.71. The molecule has 0 heterocycles. The van der Waals surface area contributed by atoms with Gasteiger partial charge in [-0.1, -0.05) is 6.92 Å². The molecule has 0 saturated heterocycles. The van der Waals surface area contributed by atoms with Crippen molar-refractivity contribution in [3.8, 4) is 0 Å². The number of hydrogen-bond acceptors (Lipinski definition) is 6. The Balaban J connectivity index is 2.80. The normalized spacial score (nSPS) is 12.8. The molecule has 0 aliphatic rings. The predicted molar refractivity (Wildman–Crippen MR) is 62.3 cm³/mol. The lowest BCUT2D eigenvalue weighted by Gasteiger charge is -2.24. The van der Waals surface area contributed by atoms with E-state index in [-0.39, 0.29) is 17.5 Å². The van der Waals surface area contributed by atoms with E-state index in [4.69, 9.17) is 25.2 Å². The highest BCUT2D eigenvalue weighted by molar-refractivity contribution is 5.92. The topological polar surface area (TPSA) is 124 Å². The van der Waals surface area contributed by atoms with Gasteiger partial charge in [0.25, 0.3) is 0 Å². The molecular weight excluding hydrogens is 256 g/mol. The van der Waals surface area contributed by atoms with Crippen LogP contribution in [0.2, 0.25) is 0 Å². The summed E-state index contributed by atoms with van der Waals surface area (Å²) >= 11 is 0. The summed E-state index contributed by atoms with van der Waals surface area (Å²) in [6, 6.07) is 4.88. The van der Waals surface area contributed by atoms with Crippen LogP contribution in [0.15, 0.2) is 24.3 Å². The van der Waals surface area contributed by atoms with Crippen LogP contribution in [-0.4, -0.2) is 44.4 Å². The third-order valence-corrected chi connectivity index (χ3v) is 2.42. The molecule has 1 aromatic carbocycles. The highest BCUT2D eigenvalue weighted by Gasteiger charge is 2.34. The summed E-state index contributed by atoms with van der Waals surface area (Å²) in [5, 5.41) is 35.5. The molecule has 0 bridgehead atoms. The summed E-state index contributed by atoms with van der Waals surface area (Å²) in [6.07, 6.45) is -1.51. The van der Waals surface area contributed by atoms with Crippen molar-refractivity contribution in [3.63, 3.8) is 0 Å². The number of carboxylic acid groups (broad SMARTS) is 1. The van der Waals surface area contributed by atoms with Crippen LogP contribution in [0.1, 0.15) is 34.1 Å². The Morgan fingerprint density at radius 2 is 1.63 bits per heavy atom. The Kier molecular flexibility index (Phi) is 4.60. The summed E-state index contributed by atoms with van der Waals surface area (Å²) in [7, 11) is 0. The molecule has 7 nitrogen and oxygen atoms in total. The molecule has 4 N–H and O–H groups in total. The fourth-order valence-corrected chi connectivity index (χ4v) is 1.38. The van der Waals surface area contributed by atoms with Crippen molar-refractivity contribution in [1.82, 2.24) is 0 Å². The van der Waals surface area contributed by atoms with Crippen LogP contribution >= 0.6 is 0 Å². The van der Waals surface area contributed by atoms with Gasteiger partial charge in [0.1, 0.15) is 0 Å². The van der Waals surface area contributed by atoms with E-state index in [0.717, 1.165) is 0 Å². The molecular formula is C12H14O7. The Morgan fingerprint density at radius 3 is 2.00 bits per heavy atom. The van der Waals surface area contributed by atoms with Crippen LogP contribution in [0.5, 0.6) is 0 Å². The number of esters is 1. The first-order valence-electron chi connectivity index (χ1n) is 5.47. The van der Waals surface area contributed by atoms with Gasteiger partial charge in [-0.3, -0.25) is 0 Å². The zero-order valence-electron chi connectivity index (χ0n) is 10.1. The highest BCUT2D eigenvalue weighted by Crippen LogP contribution is 2.14. The van der Waals surface area contributed by atoms with E-state index < -0.39 is 24.0 Å². The summed E-state index contributed by atoms with van der Waals surface area (Å²) in [5.41, 5.74) is 0.0390. The lowest BCUT2D eigenvalue weighted by molar-refractivity contribution is -0.353. The van der Waals surface area contributed by atoms with Crippen molar-refractivity contribution in [2.24, 2.45) is 0 Å². The van der Waals surface area contributed by atoms with Gasteiger partial charge in [-0.2, -0.15) is 0 Å². The Hall–Kier alpha value is -1.96. The number of rotatable bonds is 5. The molecule has 0 aromatic heterocycles. The minimum absolute atomic E-state index is 0.00409. The van der Waals surface area contributed by atoms with E-state index in [1.54, 1.807) is 0 Å². The van der Waals surface area contributed by atoms with Gasteiger partial charge >= 0.3 is 17.9 Å². The number of ether oxygens (including phenoxy) is 1. The minimum Gasteiger partial charge on any atom is -0.478 e. The molecule has 0 aliphatic carbocycles. The van der Waals surface area contributed by atoms with Gasteiger partial charge in [-0.25, -0.2) is 9.59 Å². The average Bonchev–Trinajstić information content (AvgIpc) is 2.34. The fraction of sp³-hybridized carbons (Fsp3) is 0.333. The number of benzene rings is 1. The highest BCUT2D eigenvalue weighted by atomic mass is 16.7. The summed E-state index contributed by atoms with van der Waals surface area (Å²) in [6.45, 7) is 1.49. The van der Waals surface area contributed by atoms with Gasteiger partial charge in [0.05, 0.1) is 11.1 Å². The number of aromatic carboxylic acids is 1. The first-order chi connectivity index (χ1) is 8.75. The van der Waals surface area contributed by atoms with E-state index in [9.17, 15) is 9.59 Å². The van der Waals surface area contributed by atoms with Gasteiger partial charge in [-0.05, 0) is 30.7 Å². The molecule has 0 spiro atoms. The van der Waals surface area contributed by atoms with E-state index in [1.807, 2.05) is 0 Å². The molecule has 0 fully saturated rings. The summed E-state index contributed by atoms with van der Waals surface area (Å²) in [4.78, 5) is 22.3. The van der Waals surface area contributed by atoms with Crippen LogP contribution in [0.3, 0.4) is 0 Å². The van der Waals surface area contributed by atoms with Gasteiger partial charge < -0.3 is 25.2 Å².